The topological polar surface area (TPSA) is 45.8 Å². The number of nitrogens with zero attached hydrogens (tertiary/aromatic N) is 1. The maximum Gasteiger partial charge on any atom is 0.183 e. The van der Waals surface area contributed by atoms with Gasteiger partial charge < -0.3 is 4.98 Å². The molecule has 0 atom stereocenters. The summed E-state index contributed by atoms with van der Waals surface area (Å²) in [5, 5.41) is 0. The van der Waals surface area contributed by atoms with Crippen molar-refractivity contribution in [2.75, 3.05) is 0 Å². The number of ketones is 1. The lowest BCUT2D eigenvalue weighted by atomic mass is 9.96. The molecule has 0 bridgehead atoms. The van der Waals surface area contributed by atoms with Crippen molar-refractivity contribution in [3.63, 3.8) is 0 Å². The van der Waals surface area contributed by atoms with E-state index in [4.69, 9.17) is 0 Å². The summed E-state index contributed by atoms with van der Waals surface area (Å²) in [6, 6.07) is 0. The summed E-state index contributed by atoms with van der Waals surface area (Å²) in [4.78, 5) is 18.2. The Morgan fingerprint density at radius 3 is 2.67 bits per heavy atom. The highest BCUT2D eigenvalue weighted by Crippen LogP contribution is 2.13. The quantitative estimate of drug-likeness (QED) is 0.695. The van der Waals surface area contributed by atoms with Gasteiger partial charge in [0.05, 0.1) is 12.5 Å². The van der Waals surface area contributed by atoms with Crippen LogP contribution in [0.1, 0.15) is 37.2 Å². The standard InChI is InChI=1S/C9H14N2O/c1-3-7(4-2)9(12)8-5-10-6-11-8/h5-7H,3-4H2,1-2H3,(H,10,11). The van der Waals surface area contributed by atoms with E-state index in [1.165, 1.54) is 6.33 Å². The van der Waals surface area contributed by atoms with Crippen molar-refractivity contribution < 1.29 is 4.79 Å². The minimum Gasteiger partial charge on any atom is -0.342 e. The van der Waals surface area contributed by atoms with Gasteiger partial charge in [0.2, 0.25) is 0 Å². The summed E-state index contributed by atoms with van der Waals surface area (Å²) in [6.07, 6.45) is 4.92. The van der Waals surface area contributed by atoms with Crippen LogP contribution < -0.4 is 0 Å². The van der Waals surface area contributed by atoms with Crippen LogP contribution in [0.5, 0.6) is 0 Å². The third kappa shape index (κ3) is 1.72. The van der Waals surface area contributed by atoms with E-state index in [1.807, 2.05) is 13.8 Å². The summed E-state index contributed by atoms with van der Waals surface area (Å²) >= 11 is 0. The van der Waals surface area contributed by atoms with Gasteiger partial charge in [-0.25, -0.2) is 4.98 Å². The molecule has 0 fully saturated rings. The molecule has 0 aromatic carbocycles. The van der Waals surface area contributed by atoms with Gasteiger partial charge in [0.25, 0.3) is 0 Å². The monoisotopic (exact) mass is 166 g/mol. The van der Waals surface area contributed by atoms with Crippen LogP contribution in [0.3, 0.4) is 0 Å². The highest BCUT2D eigenvalue weighted by Gasteiger charge is 2.16. The second-order valence-electron chi connectivity index (χ2n) is 2.84. The minimum absolute atomic E-state index is 0.144. The number of aromatic nitrogens is 2. The summed E-state index contributed by atoms with van der Waals surface area (Å²) in [7, 11) is 0. The lowest BCUT2D eigenvalue weighted by Crippen LogP contribution is -2.13. The first kappa shape index (κ1) is 8.97. The van der Waals surface area contributed by atoms with Crippen molar-refractivity contribution in [1.82, 2.24) is 9.97 Å². The van der Waals surface area contributed by atoms with Crippen LogP contribution in [-0.4, -0.2) is 15.8 Å². The van der Waals surface area contributed by atoms with E-state index in [1.54, 1.807) is 6.20 Å². The van der Waals surface area contributed by atoms with Crippen LogP contribution in [-0.2, 0) is 0 Å². The fourth-order valence-electron chi connectivity index (χ4n) is 1.27. The summed E-state index contributed by atoms with van der Waals surface area (Å²) in [5.41, 5.74) is 0.628. The molecule has 0 aliphatic rings. The Morgan fingerprint density at radius 2 is 2.25 bits per heavy atom. The molecule has 0 spiro atoms. The molecule has 1 aromatic rings. The van der Waals surface area contributed by atoms with E-state index >= 15 is 0 Å². The van der Waals surface area contributed by atoms with Gasteiger partial charge in [-0.3, -0.25) is 4.79 Å². The van der Waals surface area contributed by atoms with Gasteiger partial charge in [-0.2, -0.15) is 0 Å². The number of H-pyrrole nitrogens is 1. The Balaban J connectivity index is 2.70. The fraction of sp³-hybridized carbons (Fsp3) is 0.556. The molecular formula is C9H14N2O. The Kier molecular flexibility index (Phi) is 3.02. The molecule has 12 heavy (non-hydrogen) atoms. The van der Waals surface area contributed by atoms with Crippen LogP contribution in [0.4, 0.5) is 0 Å². The number of aromatic amines is 1. The van der Waals surface area contributed by atoms with Gasteiger partial charge in [0, 0.05) is 5.92 Å². The normalized spacial score (nSPS) is 10.6. The molecule has 1 heterocycles. The Morgan fingerprint density at radius 1 is 1.58 bits per heavy atom. The van der Waals surface area contributed by atoms with Crippen molar-refractivity contribution >= 4 is 5.78 Å². The summed E-state index contributed by atoms with van der Waals surface area (Å²) < 4.78 is 0. The minimum atomic E-state index is 0.144. The largest absolute Gasteiger partial charge is 0.342 e. The molecule has 0 amide bonds. The van der Waals surface area contributed by atoms with E-state index in [0.29, 0.717) is 5.69 Å². The third-order valence-corrected chi connectivity index (χ3v) is 2.12. The zero-order valence-corrected chi connectivity index (χ0v) is 7.50. The molecular weight excluding hydrogens is 152 g/mol. The van der Waals surface area contributed by atoms with Crippen LogP contribution in [0.25, 0.3) is 0 Å². The number of Topliss-reactive ketones (excluding diaryl/α,β-unsaturated/α-hetero) is 1. The SMILES string of the molecule is CCC(CC)C(=O)c1cnc[nH]1. The number of hydrogen-bond acceptors (Lipinski definition) is 2. The second-order valence-corrected chi connectivity index (χ2v) is 2.84. The lowest BCUT2D eigenvalue weighted by Gasteiger charge is -2.08. The number of rotatable bonds is 4. The maximum atomic E-state index is 11.6. The van der Waals surface area contributed by atoms with Gasteiger partial charge in [0.1, 0.15) is 5.69 Å². The van der Waals surface area contributed by atoms with Crippen LogP contribution in [0, 0.1) is 5.92 Å². The van der Waals surface area contributed by atoms with E-state index in [2.05, 4.69) is 9.97 Å². The molecule has 66 valence electrons. The number of carbonyl (C=O) groups is 1. The van der Waals surface area contributed by atoms with Gasteiger partial charge >= 0.3 is 0 Å². The summed E-state index contributed by atoms with van der Waals surface area (Å²) in [6.45, 7) is 4.06. The van der Waals surface area contributed by atoms with Gasteiger partial charge in [0.15, 0.2) is 5.78 Å². The predicted octanol–water partition coefficient (Wildman–Crippen LogP) is 2.03. The first-order valence-electron chi connectivity index (χ1n) is 4.32. The average molecular weight is 166 g/mol. The number of hydrogen-bond donors (Lipinski definition) is 1. The number of nitrogens with one attached hydrogen (secondary N) is 1. The van der Waals surface area contributed by atoms with Gasteiger partial charge in [-0.1, -0.05) is 13.8 Å². The Hall–Kier alpha value is -1.12. The Bertz CT molecular complexity index is 237. The van der Waals surface area contributed by atoms with Crippen molar-refractivity contribution in [3.8, 4) is 0 Å². The third-order valence-electron chi connectivity index (χ3n) is 2.12. The highest BCUT2D eigenvalue weighted by molar-refractivity contribution is 5.95. The highest BCUT2D eigenvalue weighted by atomic mass is 16.1. The van der Waals surface area contributed by atoms with Gasteiger partial charge in [-0.05, 0) is 12.8 Å². The molecule has 0 saturated heterocycles. The van der Waals surface area contributed by atoms with Crippen molar-refractivity contribution in [2.45, 2.75) is 26.7 Å². The fourth-order valence-corrected chi connectivity index (χ4v) is 1.27. The molecule has 0 aliphatic carbocycles. The molecule has 1 N–H and O–H groups in total. The first-order chi connectivity index (χ1) is 5.79. The molecule has 1 aromatic heterocycles. The summed E-state index contributed by atoms with van der Waals surface area (Å²) in [5.74, 6) is 0.322. The lowest BCUT2D eigenvalue weighted by molar-refractivity contribution is 0.0909. The predicted molar refractivity (Wildman–Crippen MR) is 47.0 cm³/mol. The Labute approximate surface area is 72.2 Å². The molecule has 3 heteroatoms. The van der Waals surface area contributed by atoms with Crippen LogP contribution in [0.2, 0.25) is 0 Å². The zero-order chi connectivity index (χ0) is 8.97. The van der Waals surface area contributed by atoms with Crippen molar-refractivity contribution in [3.05, 3.63) is 18.2 Å². The average Bonchev–Trinajstić information content (AvgIpc) is 2.58. The van der Waals surface area contributed by atoms with E-state index < -0.39 is 0 Å². The smallest absolute Gasteiger partial charge is 0.183 e. The number of carbonyl (C=O) groups excluding carboxylic acids is 1. The zero-order valence-electron chi connectivity index (χ0n) is 7.50. The second kappa shape index (κ2) is 4.04. The van der Waals surface area contributed by atoms with Crippen molar-refractivity contribution in [2.24, 2.45) is 5.92 Å². The first-order valence-corrected chi connectivity index (χ1v) is 4.32. The van der Waals surface area contributed by atoms with E-state index in [9.17, 15) is 4.79 Å². The molecule has 1 rings (SSSR count). The van der Waals surface area contributed by atoms with Gasteiger partial charge in [-0.15, -0.1) is 0 Å². The van der Waals surface area contributed by atoms with E-state index in [0.717, 1.165) is 12.8 Å². The molecule has 0 aliphatic heterocycles. The maximum absolute atomic E-state index is 11.6. The van der Waals surface area contributed by atoms with Crippen LogP contribution in [0.15, 0.2) is 12.5 Å². The van der Waals surface area contributed by atoms with E-state index in [-0.39, 0.29) is 11.7 Å². The molecule has 0 radical (unpaired) electrons. The molecule has 3 nitrogen and oxygen atoms in total. The van der Waals surface area contributed by atoms with Crippen molar-refractivity contribution in [1.29, 1.82) is 0 Å². The molecule has 0 saturated carbocycles. The number of imidazole rings is 1. The van der Waals surface area contributed by atoms with Crippen LogP contribution >= 0.6 is 0 Å². The molecule has 0 unspecified atom stereocenters.